The zero-order valence-electron chi connectivity index (χ0n) is 12.1. The summed E-state index contributed by atoms with van der Waals surface area (Å²) in [5.41, 5.74) is 1.07. The van der Waals surface area contributed by atoms with Gasteiger partial charge in [0.15, 0.2) is 0 Å². The van der Waals surface area contributed by atoms with Crippen LogP contribution < -0.4 is 5.32 Å². The fourth-order valence-electron chi connectivity index (χ4n) is 3.36. The summed E-state index contributed by atoms with van der Waals surface area (Å²) in [4.78, 5) is 23.0. The number of nitrogens with one attached hydrogen (secondary N) is 1. The van der Waals surface area contributed by atoms with E-state index in [9.17, 15) is 4.79 Å². The van der Waals surface area contributed by atoms with E-state index in [0.717, 1.165) is 63.3 Å². The number of amides is 1. The van der Waals surface area contributed by atoms with Crippen molar-refractivity contribution in [1.29, 1.82) is 0 Å². The molecular weight excluding hydrogens is 252 g/mol. The van der Waals surface area contributed by atoms with E-state index in [2.05, 4.69) is 20.2 Å². The monoisotopic (exact) mass is 274 g/mol. The summed E-state index contributed by atoms with van der Waals surface area (Å²) >= 11 is 0. The summed E-state index contributed by atoms with van der Waals surface area (Å²) in [7, 11) is 0. The van der Waals surface area contributed by atoms with E-state index in [1.807, 2.05) is 19.3 Å². The minimum atomic E-state index is -0.0848. The molecule has 1 aromatic rings. The topological polar surface area (TPSA) is 58.1 Å². The fourth-order valence-corrected chi connectivity index (χ4v) is 3.36. The molecule has 0 saturated carbocycles. The lowest BCUT2D eigenvalue weighted by Gasteiger charge is -2.24. The van der Waals surface area contributed by atoms with Crippen LogP contribution in [-0.4, -0.2) is 40.4 Å². The van der Waals surface area contributed by atoms with Gasteiger partial charge in [-0.05, 0) is 45.7 Å². The van der Waals surface area contributed by atoms with Gasteiger partial charge < -0.3 is 5.32 Å². The van der Waals surface area contributed by atoms with Gasteiger partial charge in [0, 0.05) is 31.0 Å². The molecule has 0 aliphatic carbocycles. The van der Waals surface area contributed by atoms with Crippen molar-refractivity contribution in [2.75, 3.05) is 19.6 Å². The van der Waals surface area contributed by atoms with Crippen molar-refractivity contribution < 1.29 is 4.79 Å². The molecule has 1 N–H and O–H groups in total. The van der Waals surface area contributed by atoms with Crippen LogP contribution >= 0.6 is 0 Å². The lowest BCUT2D eigenvalue weighted by atomic mass is 9.79. The summed E-state index contributed by atoms with van der Waals surface area (Å²) in [6.07, 6.45) is 7.93. The highest BCUT2D eigenvalue weighted by atomic mass is 16.2. The van der Waals surface area contributed by atoms with Gasteiger partial charge in [0.05, 0.1) is 5.41 Å². The molecule has 3 rings (SSSR count). The van der Waals surface area contributed by atoms with Crippen molar-refractivity contribution in [2.24, 2.45) is 5.41 Å². The normalized spacial score (nSPS) is 27.6. The Hall–Kier alpha value is -1.49. The maximum Gasteiger partial charge on any atom is 0.226 e. The van der Waals surface area contributed by atoms with E-state index in [0.29, 0.717) is 0 Å². The average molecular weight is 274 g/mol. The minimum absolute atomic E-state index is 0.0848. The van der Waals surface area contributed by atoms with Crippen molar-refractivity contribution in [3.63, 3.8) is 0 Å². The highest BCUT2D eigenvalue weighted by Crippen LogP contribution is 2.38. The third kappa shape index (κ3) is 2.68. The third-order valence-electron chi connectivity index (χ3n) is 4.65. The molecule has 2 fully saturated rings. The zero-order chi connectivity index (χ0) is 14.0. The largest absolute Gasteiger partial charge is 0.356 e. The molecule has 2 aliphatic heterocycles. The number of aromatic nitrogens is 2. The number of nitrogens with zero attached hydrogens (tertiary/aromatic N) is 3. The number of rotatable bonds is 2. The van der Waals surface area contributed by atoms with Gasteiger partial charge >= 0.3 is 0 Å². The summed E-state index contributed by atoms with van der Waals surface area (Å²) in [5, 5.41) is 3.00. The molecular formula is C15H22N4O. The number of aryl methyl sites for hydroxylation is 1. The molecule has 0 aromatic carbocycles. The number of likely N-dealkylation sites (tertiary alicyclic amines) is 1. The Labute approximate surface area is 119 Å². The molecule has 3 heterocycles. The lowest BCUT2D eigenvalue weighted by molar-refractivity contribution is -0.128. The van der Waals surface area contributed by atoms with Crippen molar-refractivity contribution in [1.82, 2.24) is 20.2 Å². The molecule has 0 unspecified atom stereocenters. The molecule has 108 valence electrons. The van der Waals surface area contributed by atoms with Crippen LogP contribution in [0.1, 0.15) is 37.1 Å². The second-order valence-corrected chi connectivity index (χ2v) is 6.05. The van der Waals surface area contributed by atoms with Crippen molar-refractivity contribution in [2.45, 2.75) is 39.2 Å². The molecule has 1 atom stereocenters. The molecule has 2 saturated heterocycles. The van der Waals surface area contributed by atoms with E-state index in [1.165, 1.54) is 0 Å². The minimum Gasteiger partial charge on any atom is -0.356 e. The van der Waals surface area contributed by atoms with Crippen LogP contribution in [0.5, 0.6) is 0 Å². The fraction of sp³-hybridized carbons (Fsp3) is 0.667. The summed E-state index contributed by atoms with van der Waals surface area (Å²) in [5.74, 6) is 1.09. The van der Waals surface area contributed by atoms with E-state index in [-0.39, 0.29) is 11.3 Å². The van der Waals surface area contributed by atoms with Crippen molar-refractivity contribution in [3.05, 3.63) is 23.8 Å². The van der Waals surface area contributed by atoms with E-state index < -0.39 is 0 Å². The van der Waals surface area contributed by atoms with Crippen molar-refractivity contribution >= 4 is 5.91 Å². The zero-order valence-corrected chi connectivity index (χ0v) is 12.1. The predicted octanol–water partition coefficient (Wildman–Crippen LogP) is 1.28. The van der Waals surface area contributed by atoms with E-state index >= 15 is 0 Å². The molecule has 20 heavy (non-hydrogen) atoms. The Morgan fingerprint density at radius 1 is 1.25 bits per heavy atom. The number of hydrogen-bond donors (Lipinski definition) is 1. The standard InChI is InChI=1S/C15H22N4O/c1-12-17-9-13(10-18-12)11-19-7-2-3-15(5-8-19)4-6-16-14(15)20/h9-10H,2-8,11H2,1H3,(H,16,20)/t15-/m0/s1. The smallest absolute Gasteiger partial charge is 0.226 e. The molecule has 0 bridgehead atoms. The summed E-state index contributed by atoms with van der Waals surface area (Å²) in [6, 6.07) is 0. The number of hydrogen-bond acceptors (Lipinski definition) is 4. The predicted molar refractivity (Wildman–Crippen MR) is 76.0 cm³/mol. The third-order valence-corrected chi connectivity index (χ3v) is 4.65. The van der Waals surface area contributed by atoms with Gasteiger partial charge in [0.25, 0.3) is 0 Å². The second-order valence-electron chi connectivity index (χ2n) is 6.05. The van der Waals surface area contributed by atoms with Gasteiger partial charge in [0.1, 0.15) is 5.82 Å². The van der Waals surface area contributed by atoms with Gasteiger partial charge in [-0.1, -0.05) is 0 Å². The first-order chi connectivity index (χ1) is 9.68. The van der Waals surface area contributed by atoms with Gasteiger partial charge in [-0.2, -0.15) is 0 Å². The first-order valence-corrected chi connectivity index (χ1v) is 7.46. The van der Waals surface area contributed by atoms with Gasteiger partial charge in [-0.15, -0.1) is 0 Å². The number of carbonyl (C=O) groups excluding carboxylic acids is 1. The van der Waals surface area contributed by atoms with Crippen molar-refractivity contribution in [3.8, 4) is 0 Å². The van der Waals surface area contributed by atoms with Gasteiger partial charge in [0.2, 0.25) is 5.91 Å². The van der Waals surface area contributed by atoms with E-state index in [4.69, 9.17) is 0 Å². The summed E-state index contributed by atoms with van der Waals surface area (Å²) < 4.78 is 0. The molecule has 2 aliphatic rings. The van der Waals surface area contributed by atoms with Crippen LogP contribution in [-0.2, 0) is 11.3 Å². The first-order valence-electron chi connectivity index (χ1n) is 7.46. The Balaban J connectivity index is 1.62. The first kappa shape index (κ1) is 13.5. The molecule has 1 amide bonds. The Kier molecular flexibility index (Phi) is 3.70. The van der Waals surface area contributed by atoms with Crippen LogP contribution in [0.2, 0.25) is 0 Å². The maximum absolute atomic E-state index is 12.1. The average Bonchev–Trinajstić information content (AvgIpc) is 2.67. The van der Waals surface area contributed by atoms with Crippen LogP contribution in [0.4, 0.5) is 0 Å². The van der Waals surface area contributed by atoms with Crippen LogP contribution in [0.25, 0.3) is 0 Å². The number of carbonyl (C=O) groups is 1. The van der Waals surface area contributed by atoms with Gasteiger partial charge in [-0.3, -0.25) is 9.69 Å². The Morgan fingerprint density at radius 3 is 2.75 bits per heavy atom. The lowest BCUT2D eigenvalue weighted by Crippen LogP contribution is -2.32. The molecule has 0 radical (unpaired) electrons. The Morgan fingerprint density at radius 2 is 2.05 bits per heavy atom. The maximum atomic E-state index is 12.1. The van der Waals surface area contributed by atoms with E-state index in [1.54, 1.807) is 0 Å². The van der Waals surface area contributed by atoms with Gasteiger partial charge in [-0.25, -0.2) is 9.97 Å². The molecule has 5 nitrogen and oxygen atoms in total. The Bertz CT molecular complexity index is 487. The quantitative estimate of drug-likeness (QED) is 0.882. The SMILES string of the molecule is Cc1ncc(CN2CCC[C@]3(CCNC3=O)CC2)cn1. The highest BCUT2D eigenvalue weighted by molar-refractivity contribution is 5.84. The summed E-state index contributed by atoms with van der Waals surface area (Å²) in [6.45, 7) is 5.69. The van der Waals surface area contributed by atoms with Crippen LogP contribution in [0.15, 0.2) is 12.4 Å². The van der Waals surface area contributed by atoms with Crippen LogP contribution in [0.3, 0.4) is 0 Å². The van der Waals surface area contributed by atoms with Crippen LogP contribution in [0, 0.1) is 12.3 Å². The molecule has 1 spiro atoms. The molecule has 1 aromatic heterocycles. The molecule has 5 heteroatoms. The highest BCUT2D eigenvalue weighted by Gasteiger charge is 2.42. The second kappa shape index (κ2) is 5.48.